The maximum Gasteiger partial charge on any atom is 0.338 e. The lowest BCUT2D eigenvalue weighted by atomic mass is 9.43. The first kappa shape index (κ1) is 28.2. The molecule has 1 aromatic carbocycles. The number of carbonyl (C=O) groups is 2. The van der Waals surface area contributed by atoms with Crippen LogP contribution in [-0.2, 0) is 23.7 Å². The fraction of sp³-hybridized carbons (Fsp3) is 0.765. The van der Waals surface area contributed by atoms with Gasteiger partial charge in [-0.1, -0.05) is 39.0 Å². The number of fused-ring (bicyclic) bond motifs is 5. The van der Waals surface area contributed by atoms with Crippen LogP contribution in [0.1, 0.15) is 95.3 Å². The Bertz CT molecular complexity index is 1080. The van der Waals surface area contributed by atoms with Gasteiger partial charge in [0.15, 0.2) is 5.79 Å². The molecule has 0 N–H and O–H groups in total. The molecule has 1 saturated heterocycles. The lowest BCUT2D eigenvalue weighted by molar-refractivity contribution is -0.242. The van der Waals surface area contributed by atoms with Crippen molar-refractivity contribution in [2.24, 2.45) is 46.3 Å². The third-order valence-electron chi connectivity index (χ3n) is 12.5. The molecule has 1 aromatic rings. The van der Waals surface area contributed by atoms with Crippen molar-refractivity contribution >= 4 is 11.9 Å². The molecule has 1 spiro atoms. The van der Waals surface area contributed by atoms with Crippen LogP contribution in [0.5, 0.6) is 0 Å². The maximum absolute atomic E-state index is 13.5. The SMILES string of the molecule is COC(=O)CC[C@@H](C)[C@H]1CCC2C3C(CC[C@@]21C)[C@@]1(C)CCC2(C[C@@H]1C[C@H]3OC(=O)c1ccccc1)OCCO2. The van der Waals surface area contributed by atoms with E-state index < -0.39 is 5.79 Å². The van der Waals surface area contributed by atoms with Crippen LogP contribution in [0.4, 0.5) is 0 Å². The first-order chi connectivity index (χ1) is 19.2. The zero-order chi connectivity index (χ0) is 28.1. The van der Waals surface area contributed by atoms with Gasteiger partial charge in [-0.2, -0.15) is 0 Å². The van der Waals surface area contributed by atoms with Gasteiger partial charge < -0.3 is 18.9 Å². The highest BCUT2D eigenvalue weighted by Crippen LogP contribution is 2.69. The van der Waals surface area contributed by atoms with E-state index >= 15 is 0 Å². The minimum absolute atomic E-state index is 0.0962. The number of rotatable bonds is 6. The average molecular weight is 553 g/mol. The summed E-state index contributed by atoms with van der Waals surface area (Å²) in [6.07, 6.45) is 9.91. The molecule has 1 aliphatic heterocycles. The lowest BCUT2D eigenvalue weighted by Crippen LogP contribution is -2.60. The number of carbonyl (C=O) groups excluding carboxylic acids is 2. The molecule has 6 rings (SSSR count). The Balaban J connectivity index is 1.29. The van der Waals surface area contributed by atoms with Crippen LogP contribution in [0.3, 0.4) is 0 Å². The van der Waals surface area contributed by atoms with E-state index in [9.17, 15) is 9.59 Å². The second-order valence-electron chi connectivity index (χ2n) is 14.2. The van der Waals surface area contributed by atoms with Gasteiger partial charge >= 0.3 is 11.9 Å². The van der Waals surface area contributed by atoms with E-state index in [1.165, 1.54) is 32.8 Å². The third kappa shape index (κ3) is 4.71. The first-order valence-electron chi connectivity index (χ1n) is 15.8. The maximum atomic E-state index is 13.5. The zero-order valence-electron chi connectivity index (χ0n) is 24.9. The van der Waals surface area contributed by atoms with Crippen molar-refractivity contribution in [3.05, 3.63) is 35.9 Å². The highest BCUT2D eigenvalue weighted by molar-refractivity contribution is 5.89. The number of esters is 2. The Morgan fingerprint density at radius 1 is 0.975 bits per heavy atom. The minimum atomic E-state index is -0.443. The summed E-state index contributed by atoms with van der Waals surface area (Å²) < 4.78 is 23.9. The van der Waals surface area contributed by atoms with Gasteiger partial charge in [-0.3, -0.25) is 4.79 Å². The van der Waals surface area contributed by atoms with E-state index in [-0.39, 0.29) is 28.9 Å². The molecule has 5 aliphatic rings. The molecule has 9 atom stereocenters. The first-order valence-corrected chi connectivity index (χ1v) is 15.8. The predicted octanol–water partition coefficient (Wildman–Crippen LogP) is 6.81. The number of methoxy groups -OCH3 is 1. The zero-order valence-corrected chi connectivity index (χ0v) is 24.9. The molecular weight excluding hydrogens is 504 g/mol. The predicted molar refractivity (Wildman–Crippen MR) is 151 cm³/mol. The molecule has 4 saturated carbocycles. The van der Waals surface area contributed by atoms with Crippen LogP contribution in [0.2, 0.25) is 0 Å². The molecule has 220 valence electrons. The highest BCUT2D eigenvalue weighted by Gasteiger charge is 2.65. The van der Waals surface area contributed by atoms with Crippen LogP contribution in [-0.4, -0.2) is 44.2 Å². The van der Waals surface area contributed by atoms with Crippen molar-refractivity contribution in [3.63, 3.8) is 0 Å². The van der Waals surface area contributed by atoms with E-state index in [0.29, 0.717) is 60.7 Å². The van der Waals surface area contributed by atoms with Crippen molar-refractivity contribution in [1.29, 1.82) is 0 Å². The molecule has 0 amide bonds. The lowest BCUT2D eigenvalue weighted by Gasteiger charge is -2.63. The fourth-order valence-corrected chi connectivity index (χ4v) is 10.4. The normalized spacial score (nSPS) is 40.5. The van der Waals surface area contributed by atoms with Gasteiger partial charge in [-0.25, -0.2) is 4.79 Å². The van der Waals surface area contributed by atoms with E-state index in [1.54, 1.807) is 0 Å². The number of ether oxygens (including phenoxy) is 4. The smallest absolute Gasteiger partial charge is 0.338 e. The summed E-state index contributed by atoms with van der Waals surface area (Å²) in [4.78, 5) is 25.4. The van der Waals surface area contributed by atoms with E-state index in [0.717, 1.165) is 32.1 Å². The van der Waals surface area contributed by atoms with Crippen LogP contribution in [0.15, 0.2) is 30.3 Å². The monoisotopic (exact) mass is 552 g/mol. The second-order valence-corrected chi connectivity index (χ2v) is 14.2. The van der Waals surface area contributed by atoms with Gasteiger partial charge in [0, 0.05) is 25.2 Å². The van der Waals surface area contributed by atoms with Crippen molar-refractivity contribution in [2.45, 2.75) is 96.9 Å². The molecule has 5 fully saturated rings. The van der Waals surface area contributed by atoms with Gasteiger partial charge in [0.05, 0.1) is 25.9 Å². The molecule has 1 heterocycles. The van der Waals surface area contributed by atoms with Crippen LogP contribution in [0.25, 0.3) is 0 Å². The Kier molecular flexibility index (Phi) is 7.57. The molecule has 6 nitrogen and oxygen atoms in total. The van der Waals surface area contributed by atoms with Gasteiger partial charge in [0.1, 0.15) is 6.10 Å². The summed E-state index contributed by atoms with van der Waals surface area (Å²) in [5.74, 6) is 2.13. The summed E-state index contributed by atoms with van der Waals surface area (Å²) in [5.41, 5.74) is 1.04. The largest absolute Gasteiger partial charge is 0.469 e. The third-order valence-corrected chi connectivity index (χ3v) is 12.5. The number of benzene rings is 1. The van der Waals surface area contributed by atoms with Gasteiger partial charge in [0.25, 0.3) is 0 Å². The van der Waals surface area contributed by atoms with Crippen molar-refractivity contribution < 1.29 is 28.5 Å². The van der Waals surface area contributed by atoms with Crippen molar-refractivity contribution in [2.75, 3.05) is 20.3 Å². The topological polar surface area (TPSA) is 71.1 Å². The Morgan fingerprint density at radius 3 is 2.42 bits per heavy atom. The standard InChI is InChI=1S/C34H48O6/c1-22(10-13-29(35)37-4)25-11-12-26-30-27(14-15-33(25,26)3)32(2)16-17-34(38-18-19-39-34)21-24(32)20-28(30)40-31(36)23-8-6-5-7-9-23/h5-9,22,24-28,30H,10-21H2,1-4H3/t22-,24+,25-,26?,27?,28-,30?,32+,33-/m1/s1. The second kappa shape index (κ2) is 10.7. The number of hydrogen-bond acceptors (Lipinski definition) is 6. The molecule has 0 radical (unpaired) electrons. The quantitative estimate of drug-likeness (QED) is 0.361. The Morgan fingerprint density at radius 2 is 1.70 bits per heavy atom. The summed E-state index contributed by atoms with van der Waals surface area (Å²) in [7, 11) is 1.48. The van der Waals surface area contributed by atoms with Gasteiger partial charge in [0.2, 0.25) is 0 Å². The fourth-order valence-electron chi connectivity index (χ4n) is 10.4. The van der Waals surface area contributed by atoms with E-state index in [1.807, 2.05) is 30.3 Å². The van der Waals surface area contributed by atoms with Gasteiger partial charge in [-0.15, -0.1) is 0 Å². The molecule has 3 unspecified atom stereocenters. The van der Waals surface area contributed by atoms with Gasteiger partial charge in [-0.05, 0) is 97.5 Å². The summed E-state index contributed by atoms with van der Waals surface area (Å²) in [6.45, 7) is 8.73. The molecule has 40 heavy (non-hydrogen) atoms. The molecule has 6 heteroatoms. The van der Waals surface area contributed by atoms with E-state index in [2.05, 4.69) is 20.8 Å². The molecule has 4 aliphatic carbocycles. The summed E-state index contributed by atoms with van der Waals surface area (Å²) in [6, 6.07) is 9.48. The summed E-state index contributed by atoms with van der Waals surface area (Å²) in [5, 5.41) is 0. The van der Waals surface area contributed by atoms with Crippen molar-refractivity contribution in [3.8, 4) is 0 Å². The van der Waals surface area contributed by atoms with Crippen molar-refractivity contribution in [1.82, 2.24) is 0 Å². The molecule has 0 bridgehead atoms. The van der Waals surface area contributed by atoms with Crippen LogP contribution < -0.4 is 0 Å². The summed E-state index contributed by atoms with van der Waals surface area (Å²) >= 11 is 0. The Labute approximate surface area is 239 Å². The molecule has 0 aromatic heterocycles. The van der Waals surface area contributed by atoms with Crippen LogP contribution >= 0.6 is 0 Å². The Hall–Kier alpha value is -1.92. The van der Waals surface area contributed by atoms with E-state index in [4.69, 9.17) is 18.9 Å². The molecular formula is C34H48O6. The number of hydrogen-bond donors (Lipinski definition) is 0. The minimum Gasteiger partial charge on any atom is -0.469 e. The average Bonchev–Trinajstić information content (AvgIpc) is 3.57. The highest BCUT2D eigenvalue weighted by atomic mass is 16.7. The van der Waals surface area contributed by atoms with Crippen LogP contribution in [0, 0.1) is 46.3 Å².